The maximum absolute atomic E-state index is 12.3. The number of carbonyl (C=O) groups excluding carboxylic acids is 2. The van der Waals surface area contributed by atoms with Gasteiger partial charge in [-0.3, -0.25) is 4.79 Å². The molecule has 2 aromatic carbocycles. The van der Waals surface area contributed by atoms with E-state index in [0.717, 1.165) is 9.86 Å². The van der Waals surface area contributed by atoms with Gasteiger partial charge in [-0.05, 0) is 64.8 Å². The Labute approximate surface area is 193 Å². The Balaban J connectivity index is 1.65. The SMILES string of the molecule is CCOC(=O)COc1c(Cl)cc(/C=N/NC(=O)c2cc3cc(Br)ccc3o2)cc1Br. The smallest absolute Gasteiger partial charge is 0.344 e. The van der Waals surface area contributed by atoms with Crippen molar-refractivity contribution in [2.75, 3.05) is 13.2 Å². The number of esters is 1. The molecule has 0 aliphatic heterocycles. The first-order chi connectivity index (χ1) is 14.4. The van der Waals surface area contributed by atoms with E-state index in [2.05, 4.69) is 42.4 Å². The largest absolute Gasteiger partial charge is 0.479 e. The highest BCUT2D eigenvalue weighted by Crippen LogP contribution is 2.34. The molecule has 10 heteroatoms. The molecule has 1 N–H and O–H groups in total. The molecule has 0 bridgehead atoms. The molecule has 0 aliphatic carbocycles. The van der Waals surface area contributed by atoms with E-state index in [1.54, 1.807) is 31.2 Å². The van der Waals surface area contributed by atoms with Crippen LogP contribution in [0.4, 0.5) is 0 Å². The van der Waals surface area contributed by atoms with Crippen LogP contribution in [0.15, 0.2) is 54.9 Å². The van der Waals surface area contributed by atoms with Gasteiger partial charge in [0.05, 0.1) is 22.3 Å². The van der Waals surface area contributed by atoms with Crippen LogP contribution in [0.3, 0.4) is 0 Å². The van der Waals surface area contributed by atoms with E-state index in [0.29, 0.717) is 21.4 Å². The summed E-state index contributed by atoms with van der Waals surface area (Å²) in [5, 5.41) is 4.99. The topological polar surface area (TPSA) is 90.1 Å². The van der Waals surface area contributed by atoms with Crippen LogP contribution in [-0.2, 0) is 9.53 Å². The molecule has 0 saturated carbocycles. The molecule has 156 valence electrons. The van der Waals surface area contributed by atoms with E-state index >= 15 is 0 Å². The number of rotatable bonds is 7. The highest BCUT2D eigenvalue weighted by Gasteiger charge is 2.13. The molecule has 0 fully saturated rings. The second kappa shape index (κ2) is 10.1. The number of fused-ring (bicyclic) bond motifs is 1. The van der Waals surface area contributed by atoms with Gasteiger partial charge in [-0.2, -0.15) is 5.10 Å². The van der Waals surface area contributed by atoms with Crippen molar-refractivity contribution in [3.63, 3.8) is 0 Å². The predicted octanol–water partition coefficient (Wildman–Crippen LogP) is 5.32. The molecule has 1 aromatic heterocycles. The first kappa shape index (κ1) is 22.3. The number of nitrogens with one attached hydrogen (secondary N) is 1. The number of halogens is 3. The zero-order valence-electron chi connectivity index (χ0n) is 15.6. The minimum Gasteiger partial charge on any atom is -0.479 e. The molecule has 7 nitrogen and oxygen atoms in total. The van der Waals surface area contributed by atoms with E-state index in [1.165, 1.54) is 6.21 Å². The lowest BCUT2D eigenvalue weighted by Gasteiger charge is -2.10. The first-order valence-corrected chi connectivity index (χ1v) is 10.6. The molecule has 0 saturated heterocycles. The highest BCUT2D eigenvalue weighted by molar-refractivity contribution is 9.10. The maximum Gasteiger partial charge on any atom is 0.344 e. The van der Waals surface area contributed by atoms with E-state index in [-0.39, 0.29) is 24.0 Å². The number of benzene rings is 2. The van der Waals surface area contributed by atoms with E-state index < -0.39 is 11.9 Å². The molecular weight excluding hydrogens is 543 g/mol. The Bertz CT molecular complexity index is 1110. The first-order valence-electron chi connectivity index (χ1n) is 8.67. The number of hydrazone groups is 1. The zero-order chi connectivity index (χ0) is 21.7. The van der Waals surface area contributed by atoms with Gasteiger partial charge in [0.1, 0.15) is 5.58 Å². The van der Waals surface area contributed by atoms with Crippen LogP contribution in [0.25, 0.3) is 11.0 Å². The normalized spacial score (nSPS) is 11.1. The number of hydrogen-bond donors (Lipinski definition) is 1. The summed E-state index contributed by atoms with van der Waals surface area (Å²) >= 11 is 12.9. The van der Waals surface area contributed by atoms with Gasteiger partial charge in [0, 0.05) is 9.86 Å². The number of amides is 1. The second-order valence-electron chi connectivity index (χ2n) is 5.90. The lowest BCUT2D eigenvalue weighted by molar-refractivity contribution is -0.145. The van der Waals surface area contributed by atoms with E-state index in [4.69, 9.17) is 25.5 Å². The molecule has 1 heterocycles. The molecule has 1 amide bonds. The monoisotopic (exact) mass is 556 g/mol. The van der Waals surface area contributed by atoms with Crippen molar-refractivity contribution in [3.8, 4) is 5.75 Å². The Kier molecular flexibility index (Phi) is 7.52. The fourth-order valence-electron chi connectivity index (χ4n) is 2.47. The quantitative estimate of drug-likeness (QED) is 0.241. The number of nitrogens with zero attached hydrogens (tertiary/aromatic N) is 1. The van der Waals surface area contributed by atoms with Crippen LogP contribution in [0.5, 0.6) is 5.75 Å². The summed E-state index contributed by atoms with van der Waals surface area (Å²) in [7, 11) is 0. The van der Waals surface area contributed by atoms with Crippen LogP contribution in [0, 0.1) is 0 Å². The number of furan rings is 1. The lowest BCUT2D eigenvalue weighted by atomic mass is 10.2. The summed E-state index contributed by atoms with van der Waals surface area (Å²) in [5.74, 6) is -0.536. The minimum absolute atomic E-state index is 0.141. The third-order valence-electron chi connectivity index (χ3n) is 3.74. The van der Waals surface area contributed by atoms with Gasteiger partial charge < -0.3 is 13.9 Å². The number of ether oxygens (including phenoxy) is 2. The molecule has 30 heavy (non-hydrogen) atoms. The van der Waals surface area contributed by atoms with Crippen molar-refractivity contribution in [2.24, 2.45) is 5.10 Å². The third kappa shape index (κ3) is 5.62. The summed E-state index contributed by atoms with van der Waals surface area (Å²) in [5.41, 5.74) is 3.60. The summed E-state index contributed by atoms with van der Waals surface area (Å²) in [6, 6.07) is 10.3. The number of carbonyl (C=O) groups is 2. The van der Waals surface area contributed by atoms with Crippen molar-refractivity contribution in [1.29, 1.82) is 0 Å². The van der Waals surface area contributed by atoms with Crippen molar-refractivity contribution in [2.45, 2.75) is 6.92 Å². The van der Waals surface area contributed by atoms with Crippen LogP contribution < -0.4 is 10.2 Å². The lowest BCUT2D eigenvalue weighted by Crippen LogP contribution is -2.16. The van der Waals surface area contributed by atoms with Gasteiger partial charge in [0.2, 0.25) is 0 Å². The minimum atomic E-state index is -0.494. The molecule has 3 aromatic rings. The summed E-state index contributed by atoms with van der Waals surface area (Å²) in [6.07, 6.45) is 1.42. The van der Waals surface area contributed by atoms with Crippen molar-refractivity contribution >= 4 is 72.5 Å². The molecule has 3 rings (SSSR count). The van der Waals surface area contributed by atoms with Gasteiger partial charge in [-0.15, -0.1) is 0 Å². The molecule has 0 radical (unpaired) electrons. The van der Waals surface area contributed by atoms with Gasteiger partial charge in [-0.1, -0.05) is 27.5 Å². The van der Waals surface area contributed by atoms with Crippen molar-refractivity contribution in [3.05, 3.63) is 61.7 Å². The Morgan fingerprint density at radius 3 is 2.77 bits per heavy atom. The Morgan fingerprint density at radius 1 is 1.23 bits per heavy atom. The summed E-state index contributed by atoms with van der Waals surface area (Å²) in [6.45, 7) is 1.72. The maximum atomic E-state index is 12.3. The van der Waals surface area contributed by atoms with Crippen molar-refractivity contribution in [1.82, 2.24) is 5.43 Å². The average molecular weight is 559 g/mol. The summed E-state index contributed by atoms with van der Waals surface area (Å²) < 4.78 is 17.1. The van der Waals surface area contributed by atoms with Gasteiger partial charge in [0.15, 0.2) is 18.1 Å². The van der Waals surface area contributed by atoms with E-state index in [1.807, 2.05) is 12.1 Å². The van der Waals surface area contributed by atoms with Crippen LogP contribution in [0.1, 0.15) is 23.0 Å². The number of hydrogen-bond acceptors (Lipinski definition) is 6. The van der Waals surface area contributed by atoms with Crippen LogP contribution in [-0.4, -0.2) is 31.3 Å². The van der Waals surface area contributed by atoms with Crippen LogP contribution in [0.2, 0.25) is 5.02 Å². The Morgan fingerprint density at radius 2 is 2.03 bits per heavy atom. The fourth-order valence-corrected chi connectivity index (χ4v) is 3.84. The zero-order valence-corrected chi connectivity index (χ0v) is 19.5. The second-order valence-corrected chi connectivity index (χ2v) is 8.08. The standard InChI is InChI=1S/C20H15Br2ClN2O5/c1-2-28-18(26)10-29-19-14(22)5-11(6-15(19)23)9-24-25-20(27)17-8-12-7-13(21)3-4-16(12)30-17/h3-9H,2,10H2,1H3,(H,25,27)/b24-9+. The predicted molar refractivity (Wildman–Crippen MR) is 120 cm³/mol. The Hall–Kier alpha value is -2.36. The molecule has 0 atom stereocenters. The third-order valence-corrected chi connectivity index (χ3v) is 5.11. The van der Waals surface area contributed by atoms with Crippen molar-refractivity contribution < 1.29 is 23.5 Å². The fraction of sp³-hybridized carbons (Fsp3) is 0.150. The average Bonchev–Trinajstić information content (AvgIpc) is 3.11. The van der Waals surface area contributed by atoms with Crippen LogP contribution >= 0.6 is 43.5 Å². The van der Waals surface area contributed by atoms with Gasteiger partial charge >= 0.3 is 11.9 Å². The molecule has 0 spiro atoms. The van der Waals surface area contributed by atoms with E-state index in [9.17, 15) is 9.59 Å². The molecule has 0 aliphatic rings. The summed E-state index contributed by atoms with van der Waals surface area (Å²) in [4.78, 5) is 23.7. The molecule has 0 unspecified atom stereocenters. The van der Waals surface area contributed by atoms with Gasteiger partial charge in [0.25, 0.3) is 0 Å². The van der Waals surface area contributed by atoms with Gasteiger partial charge in [-0.25, -0.2) is 10.2 Å². The highest BCUT2D eigenvalue weighted by atomic mass is 79.9. The molecular formula is C20H15Br2ClN2O5.